The number of nitrogens with one attached hydrogen (secondary N) is 1. The molecule has 1 aliphatic heterocycles. The Hall–Kier alpha value is -3.85. The van der Waals surface area contributed by atoms with Crippen molar-refractivity contribution < 1.29 is 19.2 Å². The van der Waals surface area contributed by atoms with E-state index in [1.54, 1.807) is 0 Å². The molecule has 2 aromatic carbocycles. The number of esters is 1. The van der Waals surface area contributed by atoms with Gasteiger partial charge < -0.3 is 15.0 Å². The molecule has 1 aromatic heterocycles. The van der Waals surface area contributed by atoms with Crippen LogP contribution in [0.1, 0.15) is 21.6 Å². The Kier molecular flexibility index (Phi) is 5.59. The van der Waals surface area contributed by atoms with Gasteiger partial charge in [0.05, 0.1) is 16.0 Å². The van der Waals surface area contributed by atoms with E-state index in [4.69, 9.17) is 9.72 Å². The first kappa shape index (κ1) is 20.4. The molecule has 0 atom stereocenters. The minimum Gasteiger partial charge on any atom is -0.452 e. The van der Waals surface area contributed by atoms with Gasteiger partial charge in [-0.05, 0) is 19.2 Å². The van der Waals surface area contributed by atoms with Crippen LogP contribution >= 0.6 is 0 Å². The Morgan fingerprint density at radius 2 is 2.03 bits per heavy atom. The van der Waals surface area contributed by atoms with Crippen molar-refractivity contribution in [2.45, 2.75) is 13.0 Å². The van der Waals surface area contributed by atoms with E-state index < -0.39 is 23.4 Å². The number of anilines is 1. The van der Waals surface area contributed by atoms with Gasteiger partial charge in [-0.3, -0.25) is 19.9 Å². The predicted octanol–water partition coefficient (Wildman–Crippen LogP) is 2.93. The average Bonchev–Trinajstić information content (AvgIpc) is 2.76. The minimum absolute atomic E-state index is 0.145. The number of nitro groups is 1. The lowest BCUT2D eigenvalue weighted by molar-refractivity contribution is -0.384. The molecule has 0 aliphatic carbocycles. The molecule has 0 saturated heterocycles. The van der Waals surface area contributed by atoms with Crippen molar-refractivity contribution in [1.29, 1.82) is 0 Å². The normalized spacial score (nSPS) is 13.5. The lowest BCUT2D eigenvalue weighted by Crippen LogP contribution is -2.30. The van der Waals surface area contributed by atoms with Gasteiger partial charge in [0.2, 0.25) is 0 Å². The van der Waals surface area contributed by atoms with Crippen LogP contribution in [0.3, 0.4) is 0 Å². The van der Waals surface area contributed by atoms with Crippen LogP contribution in [0, 0.1) is 10.1 Å². The standard InChI is InChI=1S/C22H20N4O5/c1-25-10-9-19-17(12-25)21(16-7-2-3-8-18(16)24-19)22(28)31-13-20(27)23-14-5-4-6-15(11-14)26(29)30/h2-8,11H,9-10,12-13H2,1H3,(H,23,27). The highest BCUT2D eigenvalue weighted by atomic mass is 16.6. The highest BCUT2D eigenvalue weighted by molar-refractivity contribution is 6.06. The van der Waals surface area contributed by atoms with Gasteiger partial charge >= 0.3 is 5.97 Å². The lowest BCUT2D eigenvalue weighted by Gasteiger charge is -2.26. The second kappa shape index (κ2) is 8.49. The molecule has 0 bridgehead atoms. The zero-order valence-electron chi connectivity index (χ0n) is 16.8. The van der Waals surface area contributed by atoms with Gasteiger partial charge in [0, 0.05) is 54.0 Å². The number of benzene rings is 2. The average molecular weight is 420 g/mol. The monoisotopic (exact) mass is 420 g/mol. The molecule has 4 rings (SSSR count). The second-order valence-electron chi connectivity index (χ2n) is 7.35. The number of amides is 1. The van der Waals surface area contributed by atoms with Crippen LogP contribution in [0.4, 0.5) is 11.4 Å². The van der Waals surface area contributed by atoms with Crippen LogP contribution in [0.5, 0.6) is 0 Å². The number of hydrogen-bond donors (Lipinski definition) is 1. The van der Waals surface area contributed by atoms with Crippen molar-refractivity contribution >= 4 is 34.2 Å². The number of carbonyl (C=O) groups is 2. The maximum atomic E-state index is 13.0. The number of pyridine rings is 1. The molecule has 1 amide bonds. The van der Waals surface area contributed by atoms with E-state index in [0.29, 0.717) is 23.0 Å². The van der Waals surface area contributed by atoms with Gasteiger partial charge in [-0.1, -0.05) is 24.3 Å². The van der Waals surface area contributed by atoms with Gasteiger partial charge in [-0.25, -0.2) is 4.79 Å². The van der Waals surface area contributed by atoms with Crippen LogP contribution < -0.4 is 5.32 Å². The predicted molar refractivity (Wildman–Crippen MR) is 114 cm³/mol. The molecule has 9 nitrogen and oxygen atoms in total. The first-order valence-corrected chi connectivity index (χ1v) is 9.73. The number of rotatable bonds is 5. The van der Waals surface area contributed by atoms with Gasteiger partial charge in [0.15, 0.2) is 6.61 Å². The smallest absolute Gasteiger partial charge is 0.339 e. The van der Waals surface area contributed by atoms with E-state index in [1.165, 1.54) is 24.3 Å². The van der Waals surface area contributed by atoms with Crippen molar-refractivity contribution in [3.05, 3.63) is 75.5 Å². The summed E-state index contributed by atoms with van der Waals surface area (Å²) in [5, 5.41) is 14.1. The molecule has 3 aromatic rings. The maximum Gasteiger partial charge on any atom is 0.339 e. The largest absolute Gasteiger partial charge is 0.452 e. The number of fused-ring (bicyclic) bond motifs is 2. The van der Waals surface area contributed by atoms with Crippen LogP contribution in [0.25, 0.3) is 10.9 Å². The van der Waals surface area contributed by atoms with Crippen LogP contribution in [-0.4, -0.2) is 46.9 Å². The summed E-state index contributed by atoms with van der Waals surface area (Å²) in [6.07, 6.45) is 0.726. The van der Waals surface area contributed by atoms with Crippen LogP contribution in [-0.2, 0) is 22.5 Å². The highest BCUT2D eigenvalue weighted by Crippen LogP contribution is 2.28. The fraction of sp³-hybridized carbons (Fsp3) is 0.227. The van der Waals surface area contributed by atoms with E-state index in [9.17, 15) is 19.7 Å². The number of aromatic nitrogens is 1. The number of hydrogen-bond acceptors (Lipinski definition) is 7. The molecule has 0 radical (unpaired) electrons. The summed E-state index contributed by atoms with van der Waals surface area (Å²) in [7, 11) is 1.97. The Morgan fingerprint density at radius 1 is 1.23 bits per heavy atom. The third-order valence-corrected chi connectivity index (χ3v) is 5.12. The Bertz CT molecular complexity index is 1190. The molecule has 0 fully saturated rings. The second-order valence-corrected chi connectivity index (χ2v) is 7.35. The zero-order valence-corrected chi connectivity index (χ0v) is 16.8. The molecule has 2 heterocycles. The molecular weight excluding hydrogens is 400 g/mol. The number of para-hydroxylation sites is 1. The number of ether oxygens (including phenoxy) is 1. The number of non-ortho nitro benzene ring substituents is 1. The van der Waals surface area contributed by atoms with Crippen molar-refractivity contribution in [3.8, 4) is 0 Å². The van der Waals surface area contributed by atoms with Crippen molar-refractivity contribution in [3.63, 3.8) is 0 Å². The van der Waals surface area contributed by atoms with Gasteiger partial charge in [0.1, 0.15) is 0 Å². The van der Waals surface area contributed by atoms with Crippen molar-refractivity contribution in [1.82, 2.24) is 9.88 Å². The maximum absolute atomic E-state index is 13.0. The van der Waals surface area contributed by atoms with Crippen LogP contribution in [0.15, 0.2) is 48.5 Å². The molecule has 0 spiro atoms. The Morgan fingerprint density at radius 3 is 2.84 bits per heavy atom. The summed E-state index contributed by atoms with van der Waals surface area (Å²) in [6, 6.07) is 12.9. The molecule has 0 saturated carbocycles. The summed E-state index contributed by atoms with van der Waals surface area (Å²) < 4.78 is 5.32. The summed E-state index contributed by atoms with van der Waals surface area (Å²) in [5.41, 5.74) is 2.92. The highest BCUT2D eigenvalue weighted by Gasteiger charge is 2.25. The fourth-order valence-electron chi connectivity index (χ4n) is 3.66. The summed E-state index contributed by atoms with van der Waals surface area (Å²) in [4.78, 5) is 42.4. The van der Waals surface area contributed by atoms with Crippen molar-refractivity contribution in [2.24, 2.45) is 0 Å². The third-order valence-electron chi connectivity index (χ3n) is 5.12. The molecule has 9 heteroatoms. The molecule has 158 valence electrons. The minimum atomic E-state index is -0.598. The first-order chi connectivity index (χ1) is 14.9. The molecule has 0 unspecified atom stereocenters. The topological polar surface area (TPSA) is 115 Å². The summed E-state index contributed by atoms with van der Waals surface area (Å²) in [6.45, 7) is 0.902. The fourth-order valence-corrected chi connectivity index (χ4v) is 3.66. The molecular formula is C22H20N4O5. The SMILES string of the molecule is CN1CCc2nc3ccccc3c(C(=O)OCC(=O)Nc3cccc([N+](=O)[O-])c3)c2C1. The summed E-state index contributed by atoms with van der Waals surface area (Å²) >= 11 is 0. The first-order valence-electron chi connectivity index (χ1n) is 9.73. The van der Waals surface area contributed by atoms with Crippen molar-refractivity contribution in [2.75, 3.05) is 25.5 Å². The van der Waals surface area contributed by atoms with E-state index in [2.05, 4.69) is 10.2 Å². The summed E-state index contributed by atoms with van der Waals surface area (Å²) in [5.74, 6) is -1.18. The quantitative estimate of drug-likeness (QED) is 0.383. The van der Waals surface area contributed by atoms with Crippen LogP contribution in [0.2, 0.25) is 0 Å². The lowest BCUT2D eigenvalue weighted by atomic mass is 9.96. The number of nitro benzene ring substituents is 1. The third kappa shape index (κ3) is 4.36. The van der Waals surface area contributed by atoms with E-state index in [-0.39, 0.29) is 11.4 Å². The van der Waals surface area contributed by atoms with Gasteiger partial charge in [0.25, 0.3) is 11.6 Å². The van der Waals surface area contributed by atoms with Gasteiger partial charge in [-0.15, -0.1) is 0 Å². The number of likely N-dealkylation sites (N-methyl/N-ethyl adjacent to an activating group) is 1. The molecule has 31 heavy (non-hydrogen) atoms. The zero-order chi connectivity index (χ0) is 22.0. The van der Waals surface area contributed by atoms with E-state index in [0.717, 1.165) is 24.2 Å². The van der Waals surface area contributed by atoms with E-state index in [1.807, 2.05) is 31.3 Å². The number of nitrogens with zero attached hydrogens (tertiary/aromatic N) is 3. The van der Waals surface area contributed by atoms with E-state index >= 15 is 0 Å². The van der Waals surface area contributed by atoms with Gasteiger partial charge in [-0.2, -0.15) is 0 Å². The number of carbonyl (C=O) groups excluding carboxylic acids is 2. The Labute approximate surface area is 177 Å². The molecule has 1 N–H and O–H groups in total. The molecule has 1 aliphatic rings. The Balaban J connectivity index is 1.54.